The molecule has 5 heteroatoms. The second-order valence-electron chi connectivity index (χ2n) is 4.21. The minimum absolute atomic E-state index is 0.0261. The Kier molecular flexibility index (Phi) is 3.52. The molecule has 17 heavy (non-hydrogen) atoms. The van der Waals surface area contributed by atoms with Crippen molar-refractivity contribution in [2.45, 2.75) is 18.9 Å². The number of halogens is 2. The molecule has 1 amide bonds. The fraction of sp³-hybridized carbons (Fsp3) is 0.417. The average molecular weight is 257 g/mol. The summed E-state index contributed by atoms with van der Waals surface area (Å²) in [4.78, 5) is 13.4. The van der Waals surface area contributed by atoms with E-state index >= 15 is 0 Å². The number of benzene rings is 1. The second-order valence-corrected chi connectivity index (χ2v) is 4.65. The number of carbonyl (C=O) groups is 1. The monoisotopic (exact) mass is 256 g/mol. The van der Waals surface area contributed by atoms with Crippen LogP contribution in [0.25, 0.3) is 0 Å². The van der Waals surface area contributed by atoms with Gasteiger partial charge in [-0.05, 0) is 31.0 Å². The van der Waals surface area contributed by atoms with Crippen molar-refractivity contribution in [1.82, 2.24) is 4.90 Å². The van der Waals surface area contributed by atoms with Gasteiger partial charge in [-0.3, -0.25) is 4.79 Å². The minimum atomic E-state index is -0.445. The van der Waals surface area contributed by atoms with Crippen molar-refractivity contribution in [3.63, 3.8) is 0 Å². The topological polar surface area (TPSA) is 32.3 Å². The van der Waals surface area contributed by atoms with Crippen LogP contribution in [0.1, 0.15) is 12.8 Å². The van der Waals surface area contributed by atoms with E-state index in [9.17, 15) is 9.18 Å². The van der Waals surface area contributed by atoms with E-state index in [0.29, 0.717) is 16.8 Å². The van der Waals surface area contributed by atoms with Gasteiger partial charge in [-0.2, -0.15) is 0 Å². The number of likely N-dealkylation sites (N-methyl/N-ethyl adjacent to an activating group) is 1. The van der Waals surface area contributed by atoms with E-state index in [-0.39, 0.29) is 12.5 Å². The summed E-state index contributed by atoms with van der Waals surface area (Å²) in [6, 6.07) is 4.71. The lowest BCUT2D eigenvalue weighted by atomic mass is 10.3. The Bertz CT molecular complexity index is 435. The number of nitrogens with zero attached hydrogens (tertiary/aromatic N) is 1. The molecular weight excluding hydrogens is 243 g/mol. The van der Waals surface area contributed by atoms with Gasteiger partial charge in [0, 0.05) is 18.1 Å². The number of rotatable bonds is 4. The first-order valence-electron chi connectivity index (χ1n) is 5.52. The van der Waals surface area contributed by atoms with Crippen molar-refractivity contribution >= 4 is 23.2 Å². The predicted molar refractivity (Wildman–Crippen MR) is 65.7 cm³/mol. The lowest BCUT2D eigenvalue weighted by Crippen LogP contribution is -2.33. The summed E-state index contributed by atoms with van der Waals surface area (Å²) in [5, 5.41) is 3.12. The molecule has 0 radical (unpaired) electrons. The van der Waals surface area contributed by atoms with E-state index in [2.05, 4.69) is 5.32 Å². The highest BCUT2D eigenvalue weighted by molar-refractivity contribution is 6.30. The molecule has 0 aliphatic heterocycles. The fourth-order valence-electron chi connectivity index (χ4n) is 1.59. The molecule has 0 aromatic heterocycles. The molecule has 0 saturated heterocycles. The van der Waals surface area contributed by atoms with E-state index in [1.54, 1.807) is 18.0 Å². The molecule has 0 bridgehead atoms. The van der Waals surface area contributed by atoms with Crippen LogP contribution in [-0.4, -0.2) is 30.4 Å². The summed E-state index contributed by atoms with van der Waals surface area (Å²) >= 11 is 5.64. The predicted octanol–water partition coefficient (Wildman–Crippen LogP) is 2.51. The van der Waals surface area contributed by atoms with Crippen LogP contribution in [0.2, 0.25) is 5.02 Å². The van der Waals surface area contributed by atoms with Gasteiger partial charge in [-0.15, -0.1) is 0 Å². The summed E-state index contributed by atoms with van der Waals surface area (Å²) in [5.74, 6) is -0.471. The van der Waals surface area contributed by atoms with Crippen LogP contribution >= 0.6 is 11.6 Å². The summed E-state index contributed by atoms with van der Waals surface area (Å²) < 4.78 is 13.4. The Balaban J connectivity index is 1.90. The molecule has 1 aliphatic carbocycles. The van der Waals surface area contributed by atoms with Crippen LogP contribution in [0.3, 0.4) is 0 Å². The quantitative estimate of drug-likeness (QED) is 0.898. The van der Waals surface area contributed by atoms with Crippen molar-refractivity contribution < 1.29 is 9.18 Å². The number of anilines is 1. The SMILES string of the molecule is CN(C(=O)CNc1ccc(Cl)cc1F)C1CC1. The number of hydrogen-bond donors (Lipinski definition) is 1. The van der Waals surface area contributed by atoms with Gasteiger partial charge in [-0.25, -0.2) is 4.39 Å². The van der Waals surface area contributed by atoms with Crippen molar-refractivity contribution in [1.29, 1.82) is 0 Å². The zero-order valence-corrected chi connectivity index (χ0v) is 10.3. The van der Waals surface area contributed by atoms with E-state index in [0.717, 1.165) is 12.8 Å². The first-order valence-corrected chi connectivity index (χ1v) is 5.90. The van der Waals surface area contributed by atoms with E-state index < -0.39 is 5.82 Å². The van der Waals surface area contributed by atoms with Gasteiger partial charge in [0.2, 0.25) is 5.91 Å². The van der Waals surface area contributed by atoms with Crippen molar-refractivity contribution in [3.8, 4) is 0 Å². The van der Waals surface area contributed by atoms with Crippen LogP contribution in [0.5, 0.6) is 0 Å². The van der Waals surface area contributed by atoms with Gasteiger partial charge in [0.15, 0.2) is 0 Å². The van der Waals surface area contributed by atoms with Crippen LogP contribution in [0.15, 0.2) is 18.2 Å². The molecule has 3 nitrogen and oxygen atoms in total. The van der Waals surface area contributed by atoms with Crippen LogP contribution in [-0.2, 0) is 4.79 Å². The zero-order chi connectivity index (χ0) is 12.4. The standard InChI is InChI=1S/C12H14ClFN2O/c1-16(9-3-4-9)12(17)7-15-11-5-2-8(13)6-10(11)14/h2,5-6,9,15H,3-4,7H2,1H3. The van der Waals surface area contributed by atoms with Gasteiger partial charge in [0.1, 0.15) is 5.82 Å². The molecule has 1 fully saturated rings. The highest BCUT2D eigenvalue weighted by atomic mass is 35.5. The number of carbonyl (C=O) groups excluding carboxylic acids is 1. The maximum absolute atomic E-state index is 13.4. The summed E-state index contributed by atoms with van der Waals surface area (Å²) in [5.41, 5.74) is 0.298. The summed E-state index contributed by atoms with van der Waals surface area (Å²) in [6.07, 6.45) is 2.13. The Morgan fingerprint density at radius 2 is 2.29 bits per heavy atom. The highest BCUT2D eigenvalue weighted by Crippen LogP contribution is 2.25. The smallest absolute Gasteiger partial charge is 0.241 e. The Labute approximate surface area is 105 Å². The molecule has 0 heterocycles. The van der Waals surface area contributed by atoms with Crippen molar-refractivity contribution in [2.24, 2.45) is 0 Å². The normalized spacial score (nSPS) is 14.5. The van der Waals surface area contributed by atoms with Gasteiger partial charge in [0.25, 0.3) is 0 Å². The molecule has 1 N–H and O–H groups in total. The van der Waals surface area contributed by atoms with Crippen LogP contribution in [0, 0.1) is 5.82 Å². The first-order chi connectivity index (χ1) is 8.08. The van der Waals surface area contributed by atoms with Gasteiger partial charge in [-0.1, -0.05) is 11.6 Å². The molecule has 92 valence electrons. The largest absolute Gasteiger partial charge is 0.374 e. The molecule has 0 spiro atoms. The Morgan fingerprint density at radius 3 is 2.88 bits per heavy atom. The van der Waals surface area contributed by atoms with Crippen LogP contribution in [0.4, 0.5) is 10.1 Å². The first kappa shape index (κ1) is 12.2. The van der Waals surface area contributed by atoms with Crippen molar-refractivity contribution in [2.75, 3.05) is 18.9 Å². The van der Waals surface area contributed by atoms with E-state index in [1.807, 2.05) is 0 Å². The summed E-state index contributed by atoms with van der Waals surface area (Å²) in [6.45, 7) is 0.103. The fourth-order valence-corrected chi connectivity index (χ4v) is 1.75. The Hall–Kier alpha value is -1.29. The van der Waals surface area contributed by atoms with Crippen LogP contribution < -0.4 is 5.32 Å². The van der Waals surface area contributed by atoms with Gasteiger partial charge >= 0.3 is 0 Å². The highest BCUT2D eigenvalue weighted by Gasteiger charge is 2.29. The lowest BCUT2D eigenvalue weighted by molar-refractivity contribution is -0.128. The molecule has 0 unspecified atom stereocenters. The van der Waals surface area contributed by atoms with E-state index in [4.69, 9.17) is 11.6 Å². The summed E-state index contributed by atoms with van der Waals surface area (Å²) in [7, 11) is 1.78. The maximum atomic E-state index is 13.4. The number of hydrogen-bond acceptors (Lipinski definition) is 2. The maximum Gasteiger partial charge on any atom is 0.241 e. The minimum Gasteiger partial charge on any atom is -0.374 e. The molecule has 1 aliphatic rings. The number of nitrogens with one attached hydrogen (secondary N) is 1. The number of amides is 1. The van der Waals surface area contributed by atoms with Crippen molar-refractivity contribution in [3.05, 3.63) is 29.0 Å². The molecule has 0 atom stereocenters. The Morgan fingerprint density at radius 1 is 1.59 bits per heavy atom. The molecule has 1 aromatic rings. The third kappa shape index (κ3) is 3.09. The third-order valence-corrected chi connectivity index (χ3v) is 3.08. The molecular formula is C12H14ClFN2O. The zero-order valence-electron chi connectivity index (χ0n) is 9.54. The molecule has 1 aromatic carbocycles. The lowest BCUT2D eigenvalue weighted by Gasteiger charge is -2.17. The third-order valence-electron chi connectivity index (χ3n) is 2.85. The van der Waals surface area contributed by atoms with E-state index in [1.165, 1.54) is 12.1 Å². The molecule has 1 saturated carbocycles. The molecule has 2 rings (SSSR count). The van der Waals surface area contributed by atoms with Gasteiger partial charge < -0.3 is 10.2 Å². The van der Waals surface area contributed by atoms with Gasteiger partial charge in [0.05, 0.1) is 12.2 Å². The average Bonchev–Trinajstić information content (AvgIpc) is 3.10. The second kappa shape index (κ2) is 4.92.